The molecule has 0 heterocycles. The highest BCUT2D eigenvalue weighted by Gasteiger charge is 2.04. The van der Waals surface area contributed by atoms with Crippen molar-refractivity contribution in [3.63, 3.8) is 0 Å². The molecule has 0 saturated carbocycles. The molecule has 2 aromatic rings. The van der Waals surface area contributed by atoms with Gasteiger partial charge in [0.2, 0.25) is 5.91 Å². The molecule has 102 valence electrons. The maximum atomic E-state index is 13.3. The molecule has 0 bridgehead atoms. The molecule has 0 saturated heterocycles. The lowest BCUT2D eigenvalue weighted by Crippen LogP contribution is -2.22. The predicted molar refractivity (Wildman–Crippen MR) is 78.9 cm³/mol. The fourth-order valence-electron chi connectivity index (χ4n) is 1.62. The molecule has 0 aliphatic carbocycles. The van der Waals surface area contributed by atoms with E-state index in [4.69, 9.17) is 0 Å². The third-order valence-electron chi connectivity index (χ3n) is 2.65. The van der Waals surface area contributed by atoms with Gasteiger partial charge < -0.3 is 10.6 Å². The highest BCUT2D eigenvalue weighted by atomic mass is 19.1. The minimum absolute atomic E-state index is 0. The summed E-state index contributed by atoms with van der Waals surface area (Å²) in [5.74, 6) is -0.585. The smallest absolute Gasteiger partial charge is 0.243 e. The summed E-state index contributed by atoms with van der Waals surface area (Å²) in [5.41, 5.74) is 2.18. The number of amides is 1. The van der Waals surface area contributed by atoms with E-state index in [0.29, 0.717) is 5.69 Å². The van der Waals surface area contributed by atoms with E-state index in [1.807, 2.05) is 31.2 Å². The Hall–Kier alpha value is -2.36. The zero-order chi connectivity index (χ0) is 13.7. The summed E-state index contributed by atoms with van der Waals surface area (Å²) >= 11 is 0. The van der Waals surface area contributed by atoms with Gasteiger partial charge in [0.1, 0.15) is 5.82 Å². The number of rotatable bonds is 4. The van der Waals surface area contributed by atoms with Gasteiger partial charge in [0, 0.05) is 8.54 Å². The lowest BCUT2D eigenvalue weighted by atomic mass is 10.2. The first-order valence-electron chi connectivity index (χ1n) is 6.00. The van der Waals surface area contributed by atoms with E-state index in [0.717, 1.165) is 11.3 Å². The van der Waals surface area contributed by atoms with Crippen molar-refractivity contribution in [2.24, 2.45) is 0 Å². The van der Waals surface area contributed by atoms with Gasteiger partial charge in [-0.1, -0.05) is 29.8 Å². The minimum Gasteiger partial charge on any atom is -0.374 e. The van der Waals surface area contributed by atoms with Crippen molar-refractivity contribution in [1.82, 2.24) is 0 Å². The zero-order valence-corrected chi connectivity index (χ0v) is 10.6. The number of carbonyl (C=O) groups is 1. The Balaban J connectivity index is 0.00000200. The fraction of sp³-hybridized carbons (Fsp3) is 0.133. The number of hydrogen-bond acceptors (Lipinski definition) is 2. The topological polar surface area (TPSA) is 41.1 Å². The van der Waals surface area contributed by atoms with Crippen molar-refractivity contribution in [2.45, 2.75) is 6.92 Å². The van der Waals surface area contributed by atoms with Crippen LogP contribution >= 0.6 is 0 Å². The first-order chi connectivity index (χ1) is 9.15. The van der Waals surface area contributed by atoms with Crippen LogP contribution in [-0.4, -0.2) is 12.5 Å². The number of aryl methyl sites for hydroxylation is 1. The molecule has 2 N–H and O–H groups in total. The third kappa shape index (κ3) is 3.81. The predicted octanol–water partition coefficient (Wildman–Crippen LogP) is 3.68. The van der Waals surface area contributed by atoms with Crippen molar-refractivity contribution in [3.8, 4) is 0 Å². The van der Waals surface area contributed by atoms with Gasteiger partial charge in [-0.3, -0.25) is 4.79 Å². The van der Waals surface area contributed by atoms with E-state index in [1.165, 1.54) is 6.07 Å². The van der Waals surface area contributed by atoms with E-state index >= 15 is 0 Å². The quantitative estimate of drug-likeness (QED) is 0.882. The van der Waals surface area contributed by atoms with E-state index in [2.05, 4.69) is 10.6 Å². The molecular formula is C15H19FN2O. The van der Waals surface area contributed by atoms with Crippen LogP contribution in [0.25, 0.3) is 0 Å². The summed E-state index contributed by atoms with van der Waals surface area (Å²) in [4.78, 5) is 11.7. The monoisotopic (exact) mass is 262 g/mol. The lowest BCUT2D eigenvalue weighted by molar-refractivity contribution is -0.114. The Bertz CT molecular complexity index is 576. The number of nitrogens with one attached hydrogen (secondary N) is 2. The third-order valence-corrected chi connectivity index (χ3v) is 2.65. The van der Waals surface area contributed by atoms with E-state index in [1.54, 1.807) is 18.2 Å². The van der Waals surface area contributed by atoms with Crippen LogP contribution < -0.4 is 10.6 Å². The average Bonchev–Trinajstić information content (AvgIpc) is 2.40. The molecule has 0 unspecified atom stereocenters. The molecule has 4 heteroatoms. The SMILES string of the molecule is Cc1ccc(NC(=O)CNc2ccccc2F)cc1.[HH].[HH]. The zero-order valence-electron chi connectivity index (χ0n) is 10.6. The Morgan fingerprint density at radius 1 is 1.16 bits per heavy atom. The molecule has 0 fully saturated rings. The van der Waals surface area contributed by atoms with Crippen LogP contribution in [0, 0.1) is 12.7 Å². The Labute approximate surface area is 114 Å². The van der Waals surface area contributed by atoms with Gasteiger partial charge in [-0.25, -0.2) is 4.39 Å². The number of para-hydroxylation sites is 1. The van der Waals surface area contributed by atoms with Gasteiger partial charge in [-0.2, -0.15) is 0 Å². The highest BCUT2D eigenvalue weighted by Crippen LogP contribution is 2.12. The van der Waals surface area contributed by atoms with Gasteiger partial charge in [-0.05, 0) is 31.2 Å². The molecule has 2 rings (SSSR count). The summed E-state index contributed by atoms with van der Waals surface area (Å²) in [5, 5.41) is 5.49. The van der Waals surface area contributed by atoms with Crippen LogP contribution in [0.15, 0.2) is 48.5 Å². The second-order valence-electron chi connectivity index (χ2n) is 4.25. The highest BCUT2D eigenvalue weighted by molar-refractivity contribution is 5.93. The van der Waals surface area contributed by atoms with Crippen molar-refractivity contribution >= 4 is 17.3 Å². The molecule has 0 spiro atoms. The molecule has 3 nitrogen and oxygen atoms in total. The molecule has 19 heavy (non-hydrogen) atoms. The van der Waals surface area contributed by atoms with Crippen LogP contribution in [0.1, 0.15) is 8.42 Å². The summed E-state index contributed by atoms with van der Waals surface area (Å²) < 4.78 is 13.3. The Morgan fingerprint density at radius 3 is 2.53 bits per heavy atom. The Kier molecular flexibility index (Phi) is 4.13. The van der Waals surface area contributed by atoms with E-state index in [-0.39, 0.29) is 21.1 Å². The maximum Gasteiger partial charge on any atom is 0.243 e. The van der Waals surface area contributed by atoms with Gasteiger partial charge in [0.25, 0.3) is 0 Å². The van der Waals surface area contributed by atoms with Crippen molar-refractivity contribution in [1.29, 1.82) is 0 Å². The first kappa shape index (κ1) is 13.1. The number of hydrogen-bond donors (Lipinski definition) is 2. The second kappa shape index (κ2) is 6.00. The van der Waals surface area contributed by atoms with Gasteiger partial charge in [-0.15, -0.1) is 0 Å². The van der Waals surface area contributed by atoms with Crippen molar-refractivity contribution < 1.29 is 12.0 Å². The average molecular weight is 262 g/mol. The minimum atomic E-state index is -0.370. The second-order valence-corrected chi connectivity index (χ2v) is 4.25. The van der Waals surface area contributed by atoms with Crippen LogP contribution in [0.4, 0.5) is 15.8 Å². The van der Waals surface area contributed by atoms with Gasteiger partial charge >= 0.3 is 0 Å². The van der Waals surface area contributed by atoms with Crippen molar-refractivity contribution in [2.75, 3.05) is 17.2 Å². The molecule has 0 atom stereocenters. The Morgan fingerprint density at radius 2 is 1.84 bits per heavy atom. The lowest BCUT2D eigenvalue weighted by Gasteiger charge is -2.08. The summed E-state index contributed by atoms with van der Waals surface area (Å²) in [7, 11) is 0. The van der Waals surface area contributed by atoms with Gasteiger partial charge in [0.05, 0.1) is 12.2 Å². The number of halogens is 1. The van der Waals surface area contributed by atoms with E-state index < -0.39 is 0 Å². The van der Waals surface area contributed by atoms with Crippen LogP contribution in [0.5, 0.6) is 0 Å². The van der Waals surface area contributed by atoms with Crippen LogP contribution in [0.2, 0.25) is 0 Å². The van der Waals surface area contributed by atoms with Crippen molar-refractivity contribution in [3.05, 3.63) is 59.9 Å². The normalized spacial score (nSPS) is 10.0. The summed E-state index contributed by atoms with van der Waals surface area (Å²) in [6, 6.07) is 13.7. The molecule has 0 aliphatic heterocycles. The summed E-state index contributed by atoms with van der Waals surface area (Å²) in [6.07, 6.45) is 0. The van der Waals surface area contributed by atoms with Gasteiger partial charge in [0.15, 0.2) is 0 Å². The fourth-order valence-corrected chi connectivity index (χ4v) is 1.62. The number of carbonyl (C=O) groups excluding carboxylic acids is 1. The number of benzene rings is 2. The number of anilines is 2. The first-order valence-corrected chi connectivity index (χ1v) is 6.00. The molecule has 0 aromatic heterocycles. The molecular weight excluding hydrogens is 243 g/mol. The molecule has 0 radical (unpaired) electrons. The maximum absolute atomic E-state index is 13.3. The molecule has 0 aliphatic rings. The summed E-state index contributed by atoms with van der Waals surface area (Å²) in [6.45, 7) is 2.00. The standard InChI is InChI=1S/C15H15FN2O.2H2/c1-11-6-8-12(9-7-11)18-15(19)10-17-14-5-3-2-4-13(14)16;;/h2-9,17H,10H2,1H3,(H,18,19);2*1H. The molecule has 2 aromatic carbocycles. The largest absolute Gasteiger partial charge is 0.374 e. The van der Waals surface area contributed by atoms with Crippen LogP contribution in [-0.2, 0) is 4.79 Å². The van der Waals surface area contributed by atoms with E-state index in [9.17, 15) is 9.18 Å². The van der Waals surface area contributed by atoms with Crippen LogP contribution in [0.3, 0.4) is 0 Å². The molecule has 1 amide bonds.